The van der Waals surface area contributed by atoms with Gasteiger partial charge in [-0.25, -0.2) is 4.39 Å². The standard InChI is InChI=1S/C15H18ClFO/c16-15-10-13(17)7-6-12(15)9-14(18)8-5-11-3-1-2-4-11/h6-7,10-11H,1-5,8-9H2. The van der Waals surface area contributed by atoms with E-state index in [0.29, 0.717) is 17.9 Å². The molecule has 1 aromatic carbocycles. The van der Waals surface area contributed by atoms with Crippen molar-refractivity contribution in [3.8, 4) is 0 Å². The molecule has 18 heavy (non-hydrogen) atoms. The van der Waals surface area contributed by atoms with E-state index in [1.54, 1.807) is 6.07 Å². The van der Waals surface area contributed by atoms with Crippen LogP contribution in [0.5, 0.6) is 0 Å². The van der Waals surface area contributed by atoms with Gasteiger partial charge >= 0.3 is 0 Å². The number of rotatable bonds is 5. The largest absolute Gasteiger partial charge is 0.299 e. The van der Waals surface area contributed by atoms with Crippen LogP contribution in [0.2, 0.25) is 5.02 Å². The van der Waals surface area contributed by atoms with E-state index in [9.17, 15) is 9.18 Å². The van der Waals surface area contributed by atoms with E-state index in [2.05, 4.69) is 0 Å². The highest BCUT2D eigenvalue weighted by Gasteiger charge is 2.16. The van der Waals surface area contributed by atoms with Gasteiger partial charge in [0.05, 0.1) is 0 Å². The molecule has 0 radical (unpaired) electrons. The van der Waals surface area contributed by atoms with Crippen LogP contribution < -0.4 is 0 Å². The van der Waals surface area contributed by atoms with Gasteiger partial charge in [0.25, 0.3) is 0 Å². The molecule has 1 aromatic rings. The maximum absolute atomic E-state index is 12.9. The molecule has 0 atom stereocenters. The summed E-state index contributed by atoms with van der Waals surface area (Å²) in [6, 6.07) is 4.22. The third kappa shape index (κ3) is 3.81. The van der Waals surface area contributed by atoms with Crippen LogP contribution in [0.25, 0.3) is 0 Å². The Bertz CT molecular complexity index is 425. The summed E-state index contributed by atoms with van der Waals surface area (Å²) in [7, 11) is 0. The second kappa shape index (κ2) is 6.33. The van der Waals surface area contributed by atoms with Crippen molar-refractivity contribution in [1.29, 1.82) is 0 Å². The number of benzene rings is 1. The average molecular weight is 269 g/mol. The van der Waals surface area contributed by atoms with Crippen LogP contribution in [0.1, 0.15) is 44.1 Å². The summed E-state index contributed by atoms with van der Waals surface area (Å²) in [5, 5.41) is 0.351. The second-order valence-corrected chi connectivity index (χ2v) is 5.55. The van der Waals surface area contributed by atoms with Crippen LogP contribution in [0, 0.1) is 11.7 Å². The van der Waals surface area contributed by atoms with Gasteiger partial charge in [-0.3, -0.25) is 4.79 Å². The third-order valence-electron chi connectivity index (χ3n) is 3.71. The van der Waals surface area contributed by atoms with E-state index in [1.165, 1.54) is 37.8 Å². The Kier molecular flexibility index (Phi) is 4.76. The van der Waals surface area contributed by atoms with Crippen LogP contribution in [-0.2, 0) is 11.2 Å². The van der Waals surface area contributed by atoms with Gasteiger partial charge in [0.15, 0.2) is 0 Å². The third-order valence-corrected chi connectivity index (χ3v) is 4.06. The summed E-state index contributed by atoms with van der Waals surface area (Å²) < 4.78 is 12.9. The monoisotopic (exact) mass is 268 g/mol. The van der Waals surface area contributed by atoms with E-state index in [1.807, 2.05) is 0 Å². The molecule has 0 spiro atoms. The predicted octanol–water partition coefficient (Wildman–Crippen LogP) is 4.56. The Balaban J connectivity index is 1.82. The first-order valence-electron chi connectivity index (χ1n) is 6.61. The first-order valence-corrected chi connectivity index (χ1v) is 6.98. The lowest BCUT2D eigenvalue weighted by Gasteiger charge is -2.08. The van der Waals surface area contributed by atoms with Gasteiger partial charge in [-0.15, -0.1) is 0 Å². The summed E-state index contributed by atoms with van der Waals surface area (Å²) in [6.07, 6.45) is 7.10. The lowest BCUT2D eigenvalue weighted by Crippen LogP contribution is -2.06. The number of ketones is 1. The minimum atomic E-state index is -0.359. The van der Waals surface area contributed by atoms with Crippen molar-refractivity contribution in [2.24, 2.45) is 5.92 Å². The summed E-state index contributed by atoms with van der Waals surface area (Å²) in [6.45, 7) is 0. The maximum atomic E-state index is 12.9. The highest BCUT2D eigenvalue weighted by Crippen LogP contribution is 2.29. The number of carbonyl (C=O) groups excluding carboxylic acids is 1. The zero-order chi connectivity index (χ0) is 13.0. The Hall–Kier alpha value is -0.890. The minimum Gasteiger partial charge on any atom is -0.299 e. The van der Waals surface area contributed by atoms with E-state index in [4.69, 9.17) is 11.6 Å². The zero-order valence-electron chi connectivity index (χ0n) is 10.4. The van der Waals surface area contributed by atoms with Gasteiger partial charge in [-0.05, 0) is 30.0 Å². The fraction of sp³-hybridized carbons (Fsp3) is 0.533. The van der Waals surface area contributed by atoms with Crippen LogP contribution >= 0.6 is 11.6 Å². The van der Waals surface area contributed by atoms with E-state index in [0.717, 1.165) is 17.9 Å². The molecular weight excluding hydrogens is 251 g/mol. The molecule has 0 aromatic heterocycles. The second-order valence-electron chi connectivity index (χ2n) is 5.14. The molecular formula is C15H18ClFO. The van der Waals surface area contributed by atoms with Gasteiger partial charge in [-0.2, -0.15) is 0 Å². The van der Waals surface area contributed by atoms with Crippen molar-refractivity contribution in [2.45, 2.75) is 44.9 Å². The number of hydrogen-bond donors (Lipinski definition) is 0. The quantitative estimate of drug-likeness (QED) is 0.765. The van der Waals surface area contributed by atoms with Crippen molar-refractivity contribution in [3.63, 3.8) is 0 Å². The smallest absolute Gasteiger partial charge is 0.137 e. The Morgan fingerprint density at radius 2 is 2.06 bits per heavy atom. The molecule has 0 saturated heterocycles. The molecule has 0 amide bonds. The van der Waals surface area contributed by atoms with Crippen LogP contribution in [0.15, 0.2) is 18.2 Å². The molecule has 0 unspecified atom stereocenters. The van der Waals surface area contributed by atoms with Gasteiger partial charge in [0, 0.05) is 17.9 Å². The fourth-order valence-corrected chi connectivity index (χ4v) is 2.86. The fourth-order valence-electron chi connectivity index (χ4n) is 2.63. The number of hydrogen-bond acceptors (Lipinski definition) is 1. The summed E-state index contributed by atoms with van der Waals surface area (Å²) >= 11 is 5.91. The molecule has 0 aliphatic heterocycles. The van der Waals surface area contributed by atoms with Crippen molar-refractivity contribution in [3.05, 3.63) is 34.6 Å². The Morgan fingerprint density at radius 1 is 1.33 bits per heavy atom. The van der Waals surface area contributed by atoms with Crippen LogP contribution in [-0.4, -0.2) is 5.78 Å². The van der Waals surface area contributed by atoms with Gasteiger partial charge in [0.2, 0.25) is 0 Å². The lowest BCUT2D eigenvalue weighted by atomic mass is 9.97. The Labute approximate surface area is 112 Å². The summed E-state index contributed by atoms with van der Waals surface area (Å²) in [5.74, 6) is 0.579. The normalized spacial score (nSPS) is 16.1. The topological polar surface area (TPSA) is 17.1 Å². The molecule has 1 nitrogen and oxygen atoms in total. The maximum Gasteiger partial charge on any atom is 0.137 e. The first kappa shape index (κ1) is 13.5. The molecule has 1 fully saturated rings. The SMILES string of the molecule is O=C(CCC1CCCC1)Cc1ccc(F)cc1Cl. The van der Waals surface area contributed by atoms with Crippen LogP contribution in [0.4, 0.5) is 4.39 Å². The molecule has 0 heterocycles. The molecule has 0 bridgehead atoms. The highest BCUT2D eigenvalue weighted by atomic mass is 35.5. The molecule has 3 heteroatoms. The van der Waals surface area contributed by atoms with Crippen molar-refractivity contribution >= 4 is 17.4 Å². The molecule has 1 saturated carbocycles. The number of Topliss-reactive ketones (excluding diaryl/α,β-unsaturated/α-hetero) is 1. The van der Waals surface area contributed by atoms with E-state index in [-0.39, 0.29) is 11.6 Å². The summed E-state index contributed by atoms with van der Waals surface area (Å²) in [5.41, 5.74) is 0.731. The zero-order valence-corrected chi connectivity index (χ0v) is 11.2. The molecule has 0 N–H and O–H groups in total. The van der Waals surface area contributed by atoms with E-state index < -0.39 is 0 Å². The van der Waals surface area contributed by atoms with Crippen molar-refractivity contribution < 1.29 is 9.18 Å². The molecule has 1 aliphatic rings. The number of carbonyl (C=O) groups is 1. The first-order chi connectivity index (χ1) is 8.65. The molecule has 1 aliphatic carbocycles. The lowest BCUT2D eigenvalue weighted by molar-refractivity contribution is -0.118. The highest BCUT2D eigenvalue weighted by molar-refractivity contribution is 6.31. The minimum absolute atomic E-state index is 0.204. The molecule has 98 valence electrons. The van der Waals surface area contributed by atoms with E-state index >= 15 is 0 Å². The molecule has 2 rings (SSSR count). The van der Waals surface area contributed by atoms with Gasteiger partial charge in [-0.1, -0.05) is 43.4 Å². The average Bonchev–Trinajstić information content (AvgIpc) is 2.83. The predicted molar refractivity (Wildman–Crippen MR) is 71.3 cm³/mol. The van der Waals surface area contributed by atoms with Crippen molar-refractivity contribution in [2.75, 3.05) is 0 Å². The Morgan fingerprint density at radius 3 is 2.72 bits per heavy atom. The van der Waals surface area contributed by atoms with Gasteiger partial charge in [0.1, 0.15) is 11.6 Å². The van der Waals surface area contributed by atoms with Gasteiger partial charge < -0.3 is 0 Å². The summed E-state index contributed by atoms with van der Waals surface area (Å²) in [4.78, 5) is 11.9. The number of halogens is 2. The van der Waals surface area contributed by atoms with Crippen molar-refractivity contribution in [1.82, 2.24) is 0 Å². The van der Waals surface area contributed by atoms with Crippen LogP contribution in [0.3, 0.4) is 0 Å².